The van der Waals surface area contributed by atoms with Gasteiger partial charge in [-0.15, -0.1) is 5.10 Å². The van der Waals surface area contributed by atoms with Crippen molar-refractivity contribution in [3.63, 3.8) is 0 Å². The van der Waals surface area contributed by atoms with Gasteiger partial charge in [0, 0.05) is 47.6 Å². The molecule has 0 atom stereocenters. The number of nitrogens with one attached hydrogen (secondary N) is 1. The van der Waals surface area contributed by atoms with Crippen LogP contribution in [0.2, 0.25) is 10.0 Å². The summed E-state index contributed by atoms with van der Waals surface area (Å²) in [5, 5.41) is 16.8. The molecule has 0 aliphatic heterocycles. The van der Waals surface area contributed by atoms with Crippen molar-refractivity contribution in [1.82, 2.24) is 25.5 Å². The monoisotopic (exact) mass is 467 g/mol. The molecule has 0 amide bonds. The summed E-state index contributed by atoms with van der Waals surface area (Å²) in [6.07, 6.45) is 0. The van der Waals surface area contributed by atoms with E-state index in [-0.39, 0.29) is 0 Å². The Balaban J connectivity index is 1.58. The van der Waals surface area contributed by atoms with E-state index in [1.54, 1.807) is 22.5 Å². The van der Waals surface area contributed by atoms with Gasteiger partial charge in [-0.05, 0) is 35.0 Å². The fourth-order valence-corrected chi connectivity index (χ4v) is 3.80. The zero-order valence-corrected chi connectivity index (χ0v) is 19.1. The third-order valence-corrected chi connectivity index (χ3v) is 5.89. The van der Waals surface area contributed by atoms with E-state index in [2.05, 4.69) is 20.8 Å². The van der Waals surface area contributed by atoms with Crippen molar-refractivity contribution in [1.29, 1.82) is 0 Å². The average Bonchev–Trinajstić information content (AvgIpc) is 3.14. The van der Waals surface area contributed by atoms with Crippen molar-refractivity contribution < 1.29 is 9.47 Å². The highest BCUT2D eigenvalue weighted by Crippen LogP contribution is 2.34. The second-order valence-electron chi connectivity index (χ2n) is 6.31. The fourth-order valence-electron chi connectivity index (χ4n) is 2.65. The van der Waals surface area contributed by atoms with E-state index < -0.39 is 0 Å². The van der Waals surface area contributed by atoms with Crippen molar-refractivity contribution in [2.75, 3.05) is 18.9 Å². The molecule has 0 radical (unpaired) electrons. The number of aryl methyl sites for hydroxylation is 1. The molecular weight excluding hydrogens is 445 g/mol. The Labute approximate surface area is 190 Å². The van der Waals surface area contributed by atoms with Crippen molar-refractivity contribution in [3.05, 3.63) is 57.6 Å². The Morgan fingerprint density at radius 2 is 1.87 bits per heavy atom. The minimum Gasteiger partial charge on any atom is -0.490 e. The number of halogens is 2. The number of aromatic nitrogens is 4. The molecule has 1 heterocycles. The Morgan fingerprint density at radius 1 is 1.07 bits per heavy atom. The van der Waals surface area contributed by atoms with E-state index in [0.29, 0.717) is 41.3 Å². The summed E-state index contributed by atoms with van der Waals surface area (Å²) < 4.78 is 13.4. The van der Waals surface area contributed by atoms with Crippen LogP contribution in [0, 0.1) is 0 Å². The van der Waals surface area contributed by atoms with Crippen LogP contribution in [0.4, 0.5) is 0 Å². The van der Waals surface area contributed by atoms with Gasteiger partial charge in [-0.2, -0.15) is 0 Å². The van der Waals surface area contributed by atoms with Gasteiger partial charge in [0.05, 0.1) is 6.61 Å². The number of nitrogens with zero attached hydrogens (tertiary/aromatic N) is 4. The molecule has 3 rings (SSSR count). The van der Waals surface area contributed by atoms with E-state index in [0.717, 1.165) is 28.6 Å². The van der Waals surface area contributed by atoms with E-state index >= 15 is 0 Å². The van der Waals surface area contributed by atoms with Gasteiger partial charge in [0.25, 0.3) is 0 Å². The Kier molecular flexibility index (Phi) is 8.62. The molecule has 10 heteroatoms. The number of tetrazole rings is 1. The summed E-state index contributed by atoms with van der Waals surface area (Å²) in [6.45, 7) is 4.19. The lowest BCUT2D eigenvalue weighted by molar-refractivity contribution is 0.269. The van der Waals surface area contributed by atoms with Crippen LogP contribution >= 0.6 is 35.0 Å². The number of thioether (sulfide) groups is 1. The van der Waals surface area contributed by atoms with Crippen LogP contribution in [-0.4, -0.2) is 39.1 Å². The molecule has 0 unspecified atom stereocenters. The summed E-state index contributed by atoms with van der Waals surface area (Å²) >= 11 is 14.3. The van der Waals surface area contributed by atoms with Crippen LogP contribution in [0.15, 0.2) is 41.6 Å². The number of benzene rings is 2. The number of hydrogen-bond donors (Lipinski definition) is 1. The summed E-state index contributed by atoms with van der Waals surface area (Å²) in [6, 6.07) is 11.3. The van der Waals surface area contributed by atoms with Crippen LogP contribution in [0.5, 0.6) is 11.5 Å². The predicted octanol–water partition coefficient (Wildman–Crippen LogP) is 4.38. The highest BCUT2D eigenvalue weighted by Gasteiger charge is 2.12. The lowest BCUT2D eigenvalue weighted by Crippen LogP contribution is -2.17. The Hall–Kier alpha value is -2.00. The first-order chi connectivity index (χ1) is 14.6. The lowest BCUT2D eigenvalue weighted by Gasteiger charge is -2.16. The molecule has 1 aromatic heterocycles. The number of ether oxygens (including phenoxy) is 2. The number of rotatable bonds is 11. The average molecular weight is 468 g/mol. The molecule has 0 bridgehead atoms. The molecule has 0 aliphatic rings. The van der Waals surface area contributed by atoms with Crippen molar-refractivity contribution in [3.8, 4) is 11.5 Å². The van der Waals surface area contributed by atoms with E-state index in [4.69, 9.17) is 32.7 Å². The minimum absolute atomic E-state index is 0.335. The van der Waals surface area contributed by atoms with Crippen molar-refractivity contribution >= 4 is 35.0 Å². The molecule has 3 aromatic rings. The van der Waals surface area contributed by atoms with Crippen LogP contribution in [0.3, 0.4) is 0 Å². The van der Waals surface area contributed by atoms with Gasteiger partial charge in [0.2, 0.25) is 5.16 Å². The highest BCUT2D eigenvalue weighted by molar-refractivity contribution is 7.99. The van der Waals surface area contributed by atoms with E-state index in [1.807, 2.05) is 44.3 Å². The Morgan fingerprint density at radius 3 is 2.60 bits per heavy atom. The summed E-state index contributed by atoms with van der Waals surface area (Å²) in [7, 11) is 1.82. The van der Waals surface area contributed by atoms with Crippen LogP contribution in [0.1, 0.15) is 18.1 Å². The molecule has 30 heavy (non-hydrogen) atoms. The first kappa shape index (κ1) is 22.7. The first-order valence-electron chi connectivity index (χ1n) is 9.45. The maximum absolute atomic E-state index is 6.49. The molecule has 1 N–H and O–H groups in total. The van der Waals surface area contributed by atoms with E-state index in [1.165, 1.54) is 0 Å². The molecule has 7 nitrogen and oxygen atoms in total. The second-order valence-corrected chi connectivity index (χ2v) is 8.19. The van der Waals surface area contributed by atoms with Gasteiger partial charge in [-0.1, -0.05) is 53.2 Å². The molecule has 0 fully saturated rings. The highest BCUT2D eigenvalue weighted by atomic mass is 35.5. The zero-order chi connectivity index (χ0) is 21.3. The van der Waals surface area contributed by atoms with Gasteiger partial charge >= 0.3 is 0 Å². The van der Waals surface area contributed by atoms with Gasteiger partial charge in [-0.25, -0.2) is 4.68 Å². The molecule has 0 saturated heterocycles. The maximum Gasteiger partial charge on any atom is 0.209 e. The quantitative estimate of drug-likeness (QED) is 0.331. The maximum atomic E-state index is 6.49. The topological polar surface area (TPSA) is 74.1 Å². The third kappa shape index (κ3) is 6.25. The molecular formula is C20H23Cl2N5O2S. The summed E-state index contributed by atoms with van der Waals surface area (Å²) in [5.74, 6) is 2.09. The van der Waals surface area contributed by atoms with Crippen LogP contribution in [0.25, 0.3) is 0 Å². The minimum atomic E-state index is 0.335. The molecule has 0 spiro atoms. The zero-order valence-electron chi connectivity index (χ0n) is 16.8. The van der Waals surface area contributed by atoms with Crippen molar-refractivity contribution in [2.45, 2.75) is 25.2 Å². The predicted molar refractivity (Wildman–Crippen MR) is 120 cm³/mol. The SMILES string of the molecule is CCOc1cc(CNCCSc2nnnn2C)c(Cl)cc1OCc1ccccc1Cl. The molecule has 160 valence electrons. The Bertz CT molecular complexity index is 970. The summed E-state index contributed by atoms with van der Waals surface area (Å²) in [5.41, 5.74) is 1.84. The standard InChI is InChI=1S/C20H23Cl2N5O2S/c1-3-28-18-10-15(12-23-8-9-30-20-24-25-26-27(20)2)17(22)11-19(18)29-13-14-6-4-5-7-16(14)21/h4-7,10-11,23H,3,8-9,12-13H2,1-2H3. The van der Waals surface area contributed by atoms with Crippen LogP contribution < -0.4 is 14.8 Å². The summed E-state index contributed by atoms with van der Waals surface area (Å²) in [4.78, 5) is 0. The fraction of sp³-hybridized carbons (Fsp3) is 0.350. The largest absolute Gasteiger partial charge is 0.490 e. The van der Waals surface area contributed by atoms with Gasteiger partial charge in [-0.3, -0.25) is 0 Å². The van der Waals surface area contributed by atoms with Gasteiger partial charge in [0.15, 0.2) is 11.5 Å². The molecule has 0 saturated carbocycles. The second kappa shape index (κ2) is 11.4. The van der Waals surface area contributed by atoms with Gasteiger partial charge < -0.3 is 14.8 Å². The normalized spacial score (nSPS) is 10.9. The van der Waals surface area contributed by atoms with Gasteiger partial charge in [0.1, 0.15) is 6.61 Å². The molecule has 0 aliphatic carbocycles. The smallest absolute Gasteiger partial charge is 0.209 e. The number of hydrogen-bond acceptors (Lipinski definition) is 7. The first-order valence-corrected chi connectivity index (χ1v) is 11.2. The van der Waals surface area contributed by atoms with Crippen molar-refractivity contribution in [2.24, 2.45) is 7.05 Å². The third-order valence-electron chi connectivity index (χ3n) is 4.16. The van der Waals surface area contributed by atoms with Crippen LogP contribution in [-0.2, 0) is 20.2 Å². The van der Waals surface area contributed by atoms with E-state index in [9.17, 15) is 0 Å². The lowest BCUT2D eigenvalue weighted by atomic mass is 10.2. The molecule has 2 aromatic carbocycles.